The third-order valence-electron chi connectivity index (χ3n) is 3.52. The van der Waals surface area contributed by atoms with Crippen molar-refractivity contribution in [2.45, 2.75) is 25.7 Å². The summed E-state index contributed by atoms with van der Waals surface area (Å²) in [6.45, 7) is 0.641. The summed E-state index contributed by atoms with van der Waals surface area (Å²) in [7, 11) is 0. The first-order valence-electron chi connectivity index (χ1n) is 6.81. The predicted octanol–water partition coefficient (Wildman–Crippen LogP) is 2.10. The van der Waals surface area contributed by atoms with Crippen molar-refractivity contribution < 1.29 is 14.7 Å². The van der Waals surface area contributed by atoms with Crippen molar-refractivity contribution in [3.05, 3.63) is 35.7 Å². The van der Waals surface area contributed by atoms with Gasteiger partial charge in [-0.25, -0.2) is 4.79 Å². The Morgan fingerprint density at radius 3 is 2.90 bits per heavy atom. The maximum Gasteiger partial charge on any atom is 0.328 e. The van der Waals surface area contributed by atoms with Crippen LogP contribution in [0.5, 0.6) is 0 Å². The number of aromatic nitrogens is 1. The third-order valence-corrected chi connectivity index (χ3v) is 3.52. The number of nitrogens with zero attached hydrogens (tertiary/aromatic N) is 1. The van der Waals surface area contributed by atoms with Gasteiger partial charge in [0.2, 0.25) is 0 Å². The molecule has 1 aromatic heterocycles. The second-order valence-corrected chi connectivity index (χ2v) is 4.95. The first-order valence-corrected chi connectivity index (χ1v) is 6.81. The molecule has 0 unspecified atom stereocenters. The second kappa shape index (κ2) is 6.84. The molecule has 0 spiro atoms. The lowest BCUT2D eigenvalue weighted by Gasteiger charge is -2.25. The Labute approximate surface area is 117 Å². The SMILES string of the molecule is O=C(O)/C=C/c1cccnc1C(=O)NCCC1CCC1. The van der Waals surface area contributed by atoms with Crippen LogP contribution in [0.4, 0.5) is 0 Å². The molecule has 1 heterocycles. The van der Waals surface area contributed by atoms with Gasteiger partial charge in [0.05, 0.1) is 0 Å². The minimum atomic E-state index is -1.05. The molecule has 0 atom stereocenters. The molecule has 106 valence electrons. The number of amides is 1. The van der Waals surface area contributed by atoms with E-state index in [0.717, 1.165) is 18.4 Å². The normalized spacial score (nSPS) is 15.0. The van der Waals surface area contributed by atoms with Crippen molar-refractivity contribution >= 4 is 18.0 Å². The average molecular weight is 274 g/mol. The second-order valence-electron chi connectivity index (χ2n) is 4.95. The zero-order valence-corrected chi connectivity index (χ0v) is 11.2. The predicted molar refractivity (Wildman–Crippen MR) is 75.2 cm³/mol. The van der Waals surface area contributed by atoms with Gasteiger partial charge in [-0.2, -0.15) is 0 Å². The van der Waals surface area contributed by atoms with Crippen LogP contribution < -0.4 is 5.32 Å². The van der Waals surface area contributed by atoms with Gasteiger partial charge >= 0.3 is 5.97 Å². The molecule has 0 radical (unpaired) electrons. The number of aliphatic carboxylic acids is 1. The highest BCUT2D eigenvalue weighted by atomic mass is 16.4. The molecule has 0 bridgehead atoms. The van der Waals surface area contributed by atoms with Gasteiger partial charge in [-0.05, 0) is 24.5 Å². The number of carbonyl (C=O) groups is 2. The topological polar surface area (TPSA) is 79.3 Å². The maximum absolute atomic E-state index is 12.0. The molecule has 0 aliphatic heterocycles. The van der Waals surface area contributed by atoms with Gasteiger partial charge < -0.3 is 10.4 Å². The van der Waals surface area contributed by atoms with Gasteiger partial charge in [-0.1, -0.05) is 25.3 Å². The van der Waals surface area contributed by atoms with Crippen molar-refractivity contribution in [2.24, 2.45) is 5.92 Å². The number of carboxylic acids is 1. The maximum atomic E-state index is 12.0. The number of hydrogen-bond donors (Lipinski definition) is 2. The monoisotopic (exact) mass is 274 g/mol. The summed E-state index contributed by atoms with van der Waals surface area (Å²) < 4.78 is 0. The Kier molecular flexibility index (Phi) is 4.87. The van der Waals surface area contributed by atoms with Gasteiger partial charge in [0.1, 0.15) is 5.69 Å². The fourth-order valence-electron chi connectivity index (χ4n) is 2.16. The lowest BCUT2D eigenvalue weighted by atomic mass is 9.83. The molecule has 1 amide bonds. The van der Waals surface area contributed by atoms with Gasteiger partial charge in [0, 0.05) is 24.4 Å². The highest BCUT2D eigenvalue weighted by Gasteiger charge is 2.17. The van der Waals surface area contributed by atoms with Crippen molar-refractivity contribution in [1.29, 1.82) is 0 Å². The van der Waals surface area contributed by atoms with Gasteiger partial charge in [0.15, 0.2) is 0 Å². The van der Waals surface area contributed by atoms with E-state index in [1.54, 1.807) is 12.1 Å². The lowest BCUT2D eigenvalue weighted by molar-refractivity contribution is -0.131. The van der Waals surface area contributed by atoms with E-state index in [0.29, 0.717) is 12.1 Å². The molecule has 5 nitrogen and oxygen atoms in total. The summed E-state index contributed by atoms with van der Waals surface area (Å²) in [4.78, 5) is 26.6. The van der Waals surface area contributed by atoms with Crippen LogP contribution in [0.3, 0.4) is 0 Å². The molecule has 0 aromatic carbocycles. The number of rotatable bonds is 6. The van der Waals surface area contributed by atoms with Crippen molar-refractivity contribution in [3.63, 3.8) is 0 Å². The minimum Gasteiger partial charge on any atom is -0.478 e. The standard InChI is InChI=1S/C15H18N2O3/c18-13(19)7-6-12-5-2-9-16-14(12)15(20)17-10-8-11-3-1-4-11/h2,5-7,9,11H,1,3-4,8,10H2,(H,17,20)(H,18,19)/b7-6+. The summed E-state index contributed by atoms with van der Waals surface area (Å²) >= 11 is 0. The fraction of sp³-hybridized carbons (Fsp3) is 0.400. The number of nitrogens with one attached hydrogen (secondary N) is 1. The molecular weight excluding hydrogens is 256 g/mol. The molecule has 20 heavy (non-hydrogen) atoms. The number of carboxylic acid groups (broad SMARTS) is 1. The molecule has 2 N–H and O–H groups in total. The summed E-state index contributed by atoms with van der Waals surface area (Å²) in [5, 5.41) is 11.5. The summed E-state index contributed by atoms with van der Waals surface area (Å²) in [5.74, 6) is -0.564. The Balaban J connectivity index is 1.95. The number of pyridine rings is 1. The Morgan fingerprint density at radius 2 is 2.25 bits per heavy atom. The van der Waals surface area contributed by atoms with Gasteiger partial charge in [0.25, 0.3) is 5.91 Å². The molecular formula is C15H18N2O3. The van der Waals surface area contributed by atoms with E-state index in [2.05, 4.69) is 10.3 Å². The number of carbonyl (C=O) groups excluding carboxylic acids is 1. The summed E-state index contributed by atoms with van der Waals surface area (Å²) in [5.41, 5.74) is 0.773. The smallest absolute Gasteiger partial charge is 0.328 e. The van der Waals surface area contributed by atoms with Gasteiger partial charge in [-0.15, -0.1) is 0 Å². The first-order chi connectivity index (χ1) is 9.66. The Hall–Kier alpha value is -2.17. The van der Waals surface area contributed by atoms with Crippen molar-refractivity contribution in [1.82, 2.24) is 10.3 Å². The van der Waals surface area contributed by atoms with Crippen LogP contribution in [-0.4, -0.2) is 28.5 Å². The fourth-order valence-corrected chi connectivity index (χ4v) is 2.16. The van der Waals surface area contributed by atoms with E-state index in [4.69, 9.17) is 5.11 Å². The molecule has 1 aliphatic rings. The van der Waals surface area contributed by atoms with Crippen LogP contribution >= 0.6 is 0 Å². The van der Waals surface area contributed by atoms with E-state index in [1.165, 1.54) is 31.5 Å². The third kappa shape index (κ3) is 3.91. The quantitative estimate of drug-likeness (QED) is 0.779. The van der Waals surface area contributed by atoms with Crippen LogP contribution in [0.15, 0.2) is 24.4 Å². The molecule has 1 aromatic rings. The van der Waals surface area contributed by atoms with Crippen LogP contribution in [0.1, 0.15) is 41.7 Å². The van der Waals surface area contributed by atoms with E-state index < -0.39 is 5.97 Å². The largest absolute Gasteiger partial charge is 0.478 e. The van der Waals surface area contributed by atoms with Crippen molar-refractivity contribution in [3.8, 4) is 0 Å². The number of hydrogen-bond acceptors (Lipinski definition) is 3. The van der Waals surface area contributed by atoms with E-state index >= 15 is 0 Å². The zero-order chi connectivity index (χ0) is 14.4. The Morgan fingerprint density at radius 1 is 1.45 bits per heavy atom. The van der Waals surface area contributed by atoms with Gasteiger partial charge in [-0.3, -0.25) is 9.78 Å². The molecule has 1 saturated carbocycles. The van der Waals surface area contributed by atoms with E-state index in [9.17, 15) is 9.59 Å². The summed E-state index contributed by atoms with van der Waals surface area (Å²) in [6.07, 6.45) is 8.72. The molecule has 2 rings (SSSR count). The first kappa shape index (κ1) is 14.2. The van der Waals surface area contributed by atoms with Crippen LogP contribution in [0.25, 0.3) is 6.08 Å². The minimum absolute atomic E-state index is 0.255. The highest BCUT2D eigenvalue weighted by molar-refractivity contribution is 5.97. The molecule has 1 aliphatic carbocycles. The lowest BCUT2D eigenvalue weighted by Crippen LogP contribution is -2.28. The van der Waals surface area contributed by atoms with E-state index in [1.807, 2.05) is 0 Å². The Bertz CT molecular complexity index is 522. The van der Waals surface area contributed by atoms with Crippen molar-refractivity contribution in [2.75, 3.05) is 6.54 Å². The summed E-state index contributed by atoms with van der Waals surface area (Å²) in [6, 6.07) is 3.35. The van der Waals surface area contributed by atoms with Crippen LogP contribution in [0.2, 0.25) is 0 Å². The molecule has 1 fully saturated rings. The van der Waals surface area contributed by atoms with E-state index in [-0.39, 0.29) is 11.6 Å². The highest BCUT2D eigenvalue weighted by Crippen LogP contribution is 2.28. The molecule has 0 saturated heterocycles. The van der Waals surface area contributed by atoms with Crippen LogP contribution in [0, 0.1) is 5.92 Å². The zero-order valence-electron chi connectivity index (χ0n) is 11.2. The van der Waals surface area contributed by atoms with Crippen LogP contribution in [-0.2, 0) is 4.79 Å². The molecule has 5 heteroatoms. The average Bonchev–Trinajstić information content (AvgIpc) is 2.39.